The molecule has 0 unspecified atom stereocenters. The molecule has 0 aliphatic carbocycles. The smallest absolute Gasteiger partial charge is 0.268 e. The molecule has 11 heteroatoms. The first-order valence-electron chi connectivity index (χ1n) is 11.6. The summed E-state index contributed by atoms with van der Waals surface area (Å²) in [5.41, 5.74) is 0.780. The number of aromatic nitrogens is 1. The third kappa shape index (κ3) is 5.37. The first-order valence-corrected chi connectivity index (χ1v) is 11.6. The second kappa shape index (κ2) is 11.2. The molecular formula is C28H25F2N3O6. The van der Waals surface area contributed by atoms with E-state index in [-0.39, 0.29) is 40.0 Å². The number of rotatable bonds is 8. The number of hydrogen-bond donors (Lipinski definition) is 1. The summed E-state index contributed by atoms with van der Waals surface area (Å²) in [7, 11) is 4.32. The van der Waals surface area contributed by atoms with E-state index in [0.717, 1.165) is 6.07 Å². The lowest BCUT2D eigenvalue weighted by Gasteiger charge is -2.25. The average Bonchev–Trinajstić information content (AvgIpc) is 3.28. The number of hydrogen-bond acceptors (Lipinski definition) is 7. The predicted octanol–water partition coefficient (Wildman–Crippen LogP) is 5.89. The van der Waals surface area contributed by atoms with Crippen LogP contribution < -0.4 is 24.4 Å². The van der Waals surface area contributed by atoms with Crippen molar-refractivity contribution in [2.45, 2.75) is 13.8 Å². The number of halogens is 2. The van der Waals surface area contributed by atoms with Crippen molar-refractivity contribution in [2.24, 2.45) is 0 Å². The van der Waals surface area contributed by atoms with Crippen LogP contribution in [0, 0.1) is 18.6 Å². The maximum absolute atomic E-state index is 14.8. The fourth-order valence-electron chi connectivity index (χ4n) is 4.11. The molecule has 4 aromatic rings. The van der Waals surface area contributed by atoms with Gasteiger partial charge in [-0.3, -0.25) is 14.5 Å². The fourth-order valence-corrected chi connectivity index (χ4v) is 4.11. The van der Waals surface area contributed by atoms with Crippen LogP contribution in [0.3, 0.4) is 0 Å². The lowest BCUT2D eigenvalue weighted by molar-refractivity contribution is -0.114. The highest BCUT2D eigenvalue weighted by Gasteiger charge is 2.31. The number of carbonyl (C=O) groups is 2. The normalized spacial score (nSPS) is 10.6. The number of nitrogens with zero attached hydrogens (tertiary/aromatic N) is 2. The summed E-state index contributed by atoms with van der Waals surface area (Å²) in [4.78, 5) is 27.3. The van der Waals surface area contributed by atoms with Gasteiger partial charge in [0.2, 0.25) is 11.7 Å². The van der Waals surface area contributed by atoms with Gasteiger partial charge in [-0.2, -0.15) is 0 Å². The monoisotopic (exact) mass is 537 g/mol. The fraction of sp³-hybridized carbons (Fsp3) is 0.179. The number of methoxy groups -OCH3 is 3. The quantitative estimate of drug-likeness (QED) is 0.299. The van der Waals surface area contributed by atoms with Crippen LogP contribution in [-0.2, 0) is 4.79 Å². The minimum absolute atomic E-state index is 0.0563. The van der Waals surface area contributed by atoms with Crippen LogP contribution in [0.25, 0.3) is 11.3 Å². The molecule has 0 bridgehead atoms. The Hall–Kier alpha value is -4.93. The van der Waals surface area contributed by atoms with Gasteiger partial charge >= 0.3 is 0 Å². The summed E-state index contributed by atoms with van der Waals surface area (Å²) in [5, 5.41) is 6.60. The zero-order valence-corrected chi connectivity index (χ0v) is 21.8. The summed E-state index contributed by atoms with van der Waals surface area (Å²) in [6.45, 7) is 2.87. The van der Waals surface area contributed by atoms with Crippen molar-refractivity contribution in [1.29, 1.82) is 0 Å². The second-order valence-electron chi connectivity index (χ2n) is 8.34. The van der Waals surface area contributed by atoms with Gasteiger partial charge in [0.05, 0.1) is 32.7 Å². The maximum atomic E-state index is 14.8. The Morgan fingerprint density at radius 1 is 0.923 bits per heavy atom. The molecule has 1 N–H and O–H groups in total. The molecular weight excluding hydrogens is 512 g/mol. The van der Waals surface area contributed by atoms with Gasteiger partial charge in [-0.15, -0.1) is 0 Å². The standard InChI is InChI=1S/C28H25F2N3O6/c1-15-25(26(32-39-15)21-10-9-17(29)11-22(21)30)28(35)33(19-8-6-7-18(12-19)31-16(2)34)20-13-23(36-3)27(38-5)24(14-20)37-4/h6-14H,1-5H3,(H,31,34). The first kappa shape index (κ1) is 27.1. The number of nitrogens with one attached hydrogen (secondary N) is 1. The van der Waals surface area contributed by atoms with Crippen molar-refractivity contribution in [3.63, 3.8) is 0 Å². The van der Waals surface area contributed by atoms with Gasteiger partial charge in [-0.25, -0.2) is 8.78 Å². The van der Waals surface area contributed by atoms with E-state index < -0.39 is 17.5 Å². The Bertz CT molecular complexity index is 1530. The van der Waals surface area contributed by atoms with Crippen LogP contribution in [0.5, 0.6) is 17.2 Å². The summed E-state index contributed by atoms with van der Waals surface area (Å²) < 4.78 is 50.0. The SMILES string of the molecule is COc1cc(N(C(=O)c2c(-c3ccc(F)cc3F)noc2C)c2cccc(NC(C)=O)c2)cc(OC)c1OC. The summed E-state index contributed by atoms with van der Waals surface area (Å²) in [6, 6.07) is 12.6. The van der Waals surface area contributed by atoms with Crippen molar-refractivity contribution in [1.82, 2.24) is 5.16 Å². The highest BCUT2D eigenvalue weighted by atomic mass is 19.1. The highest BCUT2D eigenvalue weighted by molar-refractivity contribution is 6.14. The van der Waals surface area contributed by atoms with E-state index in [2.05, 4.69) is 10.5 Å². The van der Waals surface area contributed by atoms with E-state index in [9.17, 15) is 18.4 Å². The Labute approximate surface area is 222 Å². The highest BCUT2D eigenvalue weighted by Crippen LogP contribution is 2.44. The summed E-state index contributed by atoms with van der Waals surface area (Å²) >= 11 is 0. The molecule has 0 saturated heterocycles. The predicted molar refractivity (Wildman–Crippen MR) is 140 cm³/mol. The molecule has 0 atom stereocenters. The molecule has 0 aliphatic heterocycles. The molecule has 1 aromatic heterocycles. The van der Waals surface area contributed by atoms with E-state index >= 15 is 0 Å². The zero-order chi connectivity index (χ0) is 28.3. The van der Waals surface area contributed by atoms with Crippen LogP contribution >= 0.6 is 0 Å². The van der Waals surface area contributed by atoms with Crippen LogP contribution in [0.1, 0.15) is 23.0 Å². The third-order valence-corrected chi connectivity index (χ3v) is 5.80. The number of anilines is 3. The van der Waals surface area contributed by atoms with Gasteiger partial charge < -0.3 is 24.1 Å². The molecule has 0 saturated carbocycles. The number of benzene rings is 3. The summed E-state index contributed by atoms with van der Waals surface area (Å²) in [6.07, 6.45) is 0. The number of amides is 2. The Balaban J connectivity index is 1.96. The first-order chi connectivity index (χ1) is 18.7. The minimum Gasteiger partial charge on any atom is -0.493 e. The molecule has 0 fully saturated rings. The lowest BCUT2D eigenvalue weighted by atomic mass is 10.0. The molecule has 2 amide bonds. The number of carbonyl (C=O) groups excluding carboxylic acids is 2. The van der Waals surface area contributed by atoms with E-state index in [1.54, 1.807) is 36.4 Å². The van der Waals surface area contributed by atoms with Crippen molar-refractivity contribution in [3.05, 3.63) is 77.6 Å². The Kier molecular flexibility index (Phi) is 7.80. The molecule has 1 heterocycles. The topological polar surface area (TPSA) is 103 Å². The largest absolute Gasteiger partial charge is 0.493 e. The van der Waals surface area contributed by atoms with Gasteiger partial charge in [0.25, 0.3) is 5.91 Å². The van der Waals surface area contributed by atoms with Crippen molar-refractivity contribution >= 4 is 28.9 Å². The average molecular weight is 538 g/mol. The molecule has 39 heavy (non-hydrogen) atoms. The molecule has 0 spiro atoms. The van der Waals surface area contributed by atoms with Crippen LogP contribution in [0.15, 0.2) is 59.1 Å². The van der Waals surface area contributed by atoms with Gasteiger partial charge in [-0.1, -0.05) is 11.2 Å². The third-order valence-electron chi connectivity index (χ3n) is 5.80. The van der Waals surface area contributed by atoms with Crippen LogP contribution in [0.2, 0.25) is 0 Å². The van der Waals surface area contributed by atoms with Gasteiger partial charge in [0, 0.05) is 36.4 Å². The Morgan fingerprint density at radius 3 is 2.21 bits per heavy atom. The van der Waals surface area contributed by atoms with Gasteiger partial charge in [-0.05, 0) is 37.3 Å². The second-order valence-corrected chi connectivity index (χ2v) is 8.34. The Morgan fingerprint density at radius 2 is 1.62 bits per heavy atom. The van der Waals surface area contributed by atoms with E-state index in [1.165, 1.54) is 46.1 Å². The van der Waals surface area contributed by atoms with Gasteiger partial charge in [0.1, 0.15) is 28.7 Å². The van der Waals surface area contributed by atoms with Crippen LogP contribution in [-0.4, -0.2) is 38.3 Å². The number of aryl methyl sites for hydroxylation is 1. The maximum Gasteiger partial charge on any atom is 0.268 e. The molecule has 0 aliphatic rings. The molecule has 202 valence electrons. The minimum atomic E-state index is -0.913. The van der Waals surface area contributed by atoms with Crippen molar-refractivity contribution in [2.75, 3.05) is 31.5 Å². The van der Waals surface area contributed by atoms with E-state index in [0.29, 0.717) is 28.9 Å². The van der Waals surface area contributed by atoms with Crippen molar-refractivity contribution < 1.29 is 37.1 Å². The van der Waals surface area contributed by atoms with Crippen molar-refractivity contribution in [3.8, 4) is 28.5 Å². The number of ether oxygens (including phenoxy) is 3. The zero-order valence-electron chi connectivity index (χ0n) is 21.8. The molecule has 4 rings (SSSR count). The summed E-state index contributed by atoms with van der Waals surface area (Å²) in [5.74, 6) is -1.69. The van der Waals surface area contributed by atoms with Gasteiger partial charge in [0.15, 0.2) is 11.5 Å². The van der Waals surface area contributed by atoms with Crippen LogP contribution in [0.4, 0.5) is 25.8 Å². The molecule has 3 aromatic carbocycles. The molecule has 9 nitrogen and oxygen atoms in total. The van der Waals surface area contributed by atoms with E-state index in [4.69, 9.17) is 18.7 Å². The molecule has 0 radical (unpaired) electrons. The van der Waals surface area contributed by atoms with E-state index in [1.807, 2.05) is 0 Å². The lowest BCUT2D eigenvalue weighted by Crippen LogP contribution is -2.27.